The van der Waals surface area contributed by atoms with Crippen molar-refractivity contribution in [3.8, 4) is 28.4 Å². The summed E-state index contributed by atoms with van der Waals surface area (Å²) < 4.78 is 8.81. The van der Waals surface area contributed by atoms with Gasteiger partial charge in [0.15, 0.2) is 5.69 Å². The number of aromatic carboxylic acids is 1. The van der Waals surface area contributed by atoms with E-state index in [1.165, 1.54) is 6.20 Å². The number of aromatic nitrogens is 3. The van der Waals surface area contributed by atoms with Crippen LogP contribution in [-0.4, -0.2) is 31.4 Å². The van der Waals surface area contributed by atoms with Crippen LogP contribution in [0.15, 0.2) is 108 Å². The second-order valence-electron chi connectivity index (χ2n) is 9.15. The molecule has 0 spiro atoms. The summed E-state index contributed by atoms with van der Waals surface area (Å²) in [7, 11) is 0. The van der Waals surface area contributed by atoms with E-state index in [0.717, 1.165) is 12.8 Å². The summed E-state index contributed by atoms with van der Waals surface area (Å²) in [5.74, 6) is -1.34. The van der Waals surface area contributed by atoms with Crippen LogP contribution < -0.4 is 10.3 Å². The molecule has 8 nitrogen and oxygen atoms in total. The Morgan fingerprint density at radius 3 is 2.12 bits per heavy atom. The normalized spacial score (nSPS) is 10.8. The molecule has 5 rings (SSSR count). The molecule has 3 aromatic carbocycles. The molecule has 1 N–H and O–H groups in total. The molecule has 0 aliphatic heterocycles. The Kier molecular flexibility index (Phi) is 7.68. The Balaban J connectivity index is 1.71. The number of hydrogen-bond donors (Lipinski definition) is 1. The van der Waals surface area contributed by atoms with Crippen molar-refractivity contribution in [1.29, 1.82) is 0 Å². The average molecular weight is 534 g/mol. The number of rotatable bonds is 9. The van der Waals surface area contributed by atoms with Crippen molar-refractivity contribution in [2.24, 2.45) is 0 Å². The third-order valence-corrected chi connectivity index (χ3v) is 6.50. The first kappa shape index (κ1) is 26.4. The first-order valence-electron chi connectivity index (χ1n) is 13.0. The second-order valence-corrected chi connectivity index (χ2v) is 9.15. The predicted molar refractivity (Wildman–Crippen MR) is 152 cm³/mol. The molecular weight excluding hydrogens is 506 g/mol. The SMILES string of the molecule is CCCCc1c(-c2cccnc2C(=O)O)n(-c2ccc(OC(=O)c3ccccc3)cc2)n(-c2ccccc2)c1=O. The number of esters is 1. The Morgan fingerprint density at radius 2 is 1.48 bits per heavy atom. The van der Waals surface area contributed by atoms with Crippen molar-refractivity contribution < 1.29 is 19.4 Å². The minimum atomic E-state index is -1.19. The summed E-state index contributed by atoms with van der Waals surface area (Å²) in [4.78, 5) is 42.9. The molecule has 0 aliphatic carbocycles. The lowest BCUT2D eigenvalue weighted by molar-refractivity contribution is 0.0689. The molecule has 0 saturated heterocycles. The number of hydrogen-bond acceptors (Lipinski definition) is 5. The zero-order chi connectivity index (χ0) is 28.1. The van der Waals surface area contributed by atoms with Crippen molar-refractivity contribution in [3.05, 3.63) is 130 Å². The van der Waals surface area contributed by atoms with Gasteiger partial charge in [0, 0.05) is 17.3 Å². The van der Waals surface area contributed by atoms with Crippen LogP contribution in [0.3, 0.4) is 0 Å². The summed E-state index contributed by atoms with van der Waals surface area (Å²) >= 11 is 0. The molecule has 8 heteroatoms. The van der Waals surface area contributed by atoms with E-state index < -0.39 is 11.9 Å². The van der Waals surface area contributed by atoms with Crippen LogP contribution in [0.25, 0.3) is 22.6 Å². The van der Waals surface area contributed by atoms with E-state index in [2.05, 4.69) is 4.98 Å². The molecule has 5 aromatic rings. The van der Waals surface area contributed by atoms with Crippen LogP contribution >= 0.6 is 0 Å². The highest BCUT2D eigenvalue weighted by Gasteiger charge is 2.27. The van der Waals surface area contributed by atoms with Gasteiger partial charge < -0.3 is 9.84 Å². The monoisotopic (exact) mass is 533 g/mol. The number of benzene rings is 3. The van der Waals surface area contributed by atoms with E-state index >= 15 is 0 Å². The minimum absolute atomic E-state index is 0.146. The van der Waals surface area contributed by atoms with Gasteiger partial charge in [0.25, 0.3) is 5.56 Å². The van der Waals surface area contributed by atoms with E-state index in [1.54, 1.807) is 70.0 Å². The summed E-state index contributed by atoms with van der Waals surface area (Å²) in [5.41, 5.74) is 2.54. The topological polar surface area (TPSA) is 103 Å². The molecule has 0 atom stereocenters. The number of ether oxygens (including phenoxy) is 1. The third-order valence-electron chi connectivity index (χ3n) is 6.50. The van der Waals surface area contributed by atoms with Crippen molar-refractivity contribution in [1.82, 2.24) is 14.3 Å². The maximum Gasteiger partial charge on any atom is 0.355 e. The minimum Gasteiger partial charge on any atom is -0.476 e. The zero-order valence-corrected chi connectivity index (χ0v) is 21.9. The lowest BCUT2D eigenvalue weighted by atomic mass is 10.0. The molecule has 0 unspecified atom stereocenters. The van der Waals surface area contributed by atoms with Crippen LogP contribution in [0.1, 0.15) is 46.2 Å². The molecule has 0 radical (unpaired) electrons. The van der Waals surface area contributed by atoms with Crippen LogP contribution in [-0.2, 0) is 6.42 Å². The third kappa shape index (κ3) is 5.19. The highest BCUT2D eigenvalue weighted by atomic mass is 16.5. The van der Waals surface area contributed by atoms with Gasteiger partial charge in [0.05, 0.1) is 22.6 Å². The number of nitrogens with zero attached hydrogens (tertiary/aromatic N) is 3. The summed E-state index contributed by atoms with van der Waals surface area (Å²) in [6.45, 7) is 2.04. The molecule has 0 saturated carbocycles. The van der Waals surface area contributed by atoms with E-state index in [4.69, 9.17) is 4.74 Å². The Bertz CT molecular complexity index is 1710. The van der Waals surface area contributed by atoms with Crippen molar-refractivity contribution in [2.75, 3.05) is 0 Å². The van der Waals surface area contributed by atoms with Gasteiger partial charge in [-0.1, -0.05) is 49.7 Å². The number of unbranched alkanes of at least 4 members (excludes halogenated alkanes) is 1. The number of carbonyl (C=O) groups excluding carboxylic acids is 1. The highest BCUT2D eigenvalue weighted by molar-refractivity contribution is 5.94. The Hall–Kier alpha value is -5.24. The molecule has 200 valence electrons. The lowest BCUT2D eigenvalue weighted by Crippen LogP contribution is -2.21. The summed E-state index contributed by atoms with van der Waals surface area (Å²) in [6.07, 6.45) is 3.49. The summed E-state index contributed by atoms with van der Waals surface area (Å²) in [5, 5.41) is 9.96. The first-order valence-corrected chi connectivity index (χ1v) is 13.0. The first-order chi connectivity index (χ1) is 19.5. The van der Waals surface area contributed by atoms with Gasteiger partial charge in [-0.25, -0.2) is 23.9 Å². The average Bonchev–Trinajstić information content (AvgIpc) is 3.28. The maximum absolute atomic E-state index is 14.0. The van der Waals surface area contributed by atoms with Gasteiger partial charge in [-0.3, -0.25) is 4.79 Å². The number of pyridine rings is 1. The quantitative estimate of drug-likeness (QED) is 0.186. The number of carbonyl (C=O) groups is 2. The zero-order valence-electron chi connectivity index (χ0n) is 21.9. The maximum atomic E-state index is 14.0. The number of carboxylic acid groups (broad SMARTS) is 1. The van der Waals surface area contributed by atoms with E-state index in [0.29, 0.717) is 45.9 Å². The number of carboxylic acids is 1. The standard InChI is InChI=1S/C32H27N3O5/c1-2-3-15-27-29(26-16-10-21-33-28(26)31(37)38)34(35(30(27)36)23-13-8-5-9-14-23)24-17-19-25(20-18-24)40-32(39)22-11-6-4-7-12-22/h4-14,16-21H,2-3,15H2,1H3,(H,37,38). The van der Waals surface area contributed by atoms with Crippen LogP contribution in [0.2, 0.25) is 0 Å². The van der Waals surface area contributed by atoms with Gasteiger partial charge in [-0.15, -0.1) is 0 Å². The van der Waals surface area contributed by atoms with E-state index in [-0.39, 0.29) is 11.3 Å². The largest absolute Gasteiger partial charge is 0.476 e. The molecule has 0 aliphatic rings. The van der Waals surface area contributed by atoms with Gasteiger partial charge in [0.1, 0.15) is 5.75 Å². The molecule has 0 fully saturated rings. The van der Waals surface area contributed by atoms with Gasteiger partial charge in [0.2, 0.25) is 0 Å². The lowest BCUT2D eigenvalue weighted by Gasteiger charge is -2.17. The molecule has 0 amide bonds. The molecule has 2 heterocycles. The van der Waals surface area contributed by atoms with Crippen molar-refractivity contribution in [2.45, 2.75) is 26.2 Å². The highest BCUT2D eigenvalue weighted by Crippen LogP contribution is 2.31. The van der Waals surface area contributed by atoms with Crippen LogP contribution in [0.4, 0.5) is 0 Å². The van der Waals surface area contributed by atoms with Crippen LogP contribution in [0.5, 0.6) is 5.75 Å². The van der Waals surface area contributed by atoms with Gasteiger partial charge in [-0.05, 0) is 73.5 Å². The fraction of sp³-hybridized carbons (Fsp3) is 0.125. The molecule has 2 aromatic heterocycles. The van der Waals surface area contributed by atoms with Crippen LogP contribution in [0, 0.1) is 0 Å². The fourth-order valence-electron chi connectivity index (χ4n) is 4.61. The van der Waals surface area contributed by atoms with E-state index in [1.807, 2.05) is 43.3 Å². The van der Waals surface area contributed by atoms with Crippen molar-refractivity contribution >= 4 is 11.9 Å². The predicted octanol–water partition coefficient (Wildman–Crippen LogP) is 5.95. The Labute approximate surface area is 230 Å². The second kappa shape index (κ2) is 11.7. The number of para-hydroxylation sites is 1. The van der Waals surface area contributed by atoms with Crippen molar-refractivity contribution in [3.63, 3.8) is 0 Å². The Morgan fingerprint density at radius 1 is 0.825 bits per heavy atom. The smallest absolute Gasteiger partial charge is 0.355 e. The van der Waals surface area contributed by atoms with Gasteiger partial charge in [-0.2, -0.15) is 0 Å². The molecule has 0 bridgehead atoms. The molecule has 40 heavy (non-hydrogen) atoms. The van der Waals surface area contributed by atoms with E-state index in [9.17, 15) is 19.5 Å². The fourth-order valence-corrected chi connectivity index (χ4v) is 4.61. The summed E-state index contributed by atoms with van der Waals surface area (Å²) in [6, 6.07) is 27.9. The van der Waals surface area contributed by atoms with Gasteiger partial charge >= 0.3 is 11.9 Å². The molecular formula is C32H27N3O5.